The second-order valence-electron chi connectivity index (χ2n) is 8.58. The lowest BCUT2D eigenvalue weighted by Crippen LogP contribution is -2.56. The molecule has 0 saturated carbocycles. The van der Waals surface area contributed by atoms with Gasteiger partial charge in [-0.25, -0.2) is 23.4 Å². The standard InChI is InChI=1S/C24H29N7O4S/c32-19-29-24(33,9-4-8-22-25-10-5-11-26-22)18-36(34,35)31-14-12-30(13-15-31)23-17-27-21(16-28-23)20-6-2-1-3-7-20/h1-3,5-7,10-11,16-17,19,33H,4,8-9,12-15,18H2,(H,29,32). The van der Waals surface area contributed by atoms with E-state index in [2.05, 4.69) is 25.3 Å². The van der Waals surface area contributed by atoms with E-state index in [0.717, 1.165) is 11.3 Å². The Morgan fingerprint density at radius 1 is 0.972 bits per heavy atom. The van der Waals surface area contributed by atoms with E-state index in [4.69, 9.17) is 0 Å². The SMILES string of the molecule is O=CNC(O)(CCCc1ncccn1)CS(=O)(=O)N1CCN(c2cnc(-c3ccccc3)cn2)CC1. The summed E-state index contributed by atoms with van der Waals surface area (Å²) >= 11 is 0. The lowest BCUT2D eigenvalue weighted by Gasteiger charge is -2.36. The summed E-state index contributed by atoms with van der Waals surface area (Å²) in [4.78, 5) is 30.3. The number of nitrogens with zero attached hydrogens (tertiary/aromatic N) is 6. The first-order valence-electron chi connectivity index (χ1n) is 11.7. The van der Waals surface area contributed by atoms with E-state index in [1.54, 1.807) is 30.9 Å². The highest BCUT2D eigenvalue weighted by Crippen LogP contribution is 2.21. The van der Waals surface area contributed by atoms with Crippen LogP contribution in [0.4, 0.5) is 5.82 Å². The Balaban J connectivity index is 1.33. The first kappa shape index (κ1) is 25.6. The molecule has 2 N–H and O–H groups in total. The Morgan fingerprint density at radius 3 is 2.33 bits per heavy atom. The maximum absolute atomic E-state index is 13.1. The van der Waals surface area contributed by atoms with Crippen molar-refractivity contribution in [2.75, 3.05) is 36.8 Å². The molecule has 1 amide bonds. The van der Waals surface area contributed by atoms with Gasteiger partial charge in [0.15, 0.2) is 5.72 Å². The predicted octanol–water partition coefficient (Wildman–Crippen LogP) is 0.843. The fourth-order valence-corrected chi connectivity index (χ4v) is 5.86. The average molecular weight is 512 g/mol. The van der Waals surface area contributed by atoms with Crippen molar-refractivity contribution in [3.8, 4) is 11.3 Å². The van der Waals surface area contributed by atoms with Crippen molar-refractivity contribution in [1.82, 2.24) is 29.6 Å². The van der Waals surface area contributed by atoms with Gasteiger partial charge < -0.3 is 15.3 Å². The Labute approximate surface area is 210 Å². The number of hydrogen-bond donors (Lipinski definition) is 2. The third-order valence-corrected chi connectivity index (χ3v) is 8.02. The van der Waals surface area contributed by atoms with Gasteiger partial charge in [0.25, 0.3) is 0 Å². The van der Waals surface area contributed by atoms with Crippen molar-refractivity contribution in [2.24, 2.45) is 0 Å². The minimum absolute atomic E-state index is 0.0482. The molecule has 1 unspecified atom stereocenters. The molecule has 4 rings (SSSR count). The number of carbonyl (C=O) groups excluding carboxylic acids is 1. The molecule has 2 aromatic heterocycles. The number of hydrogen-bond acceptors (Lipinski definition) is 9. The molecule has 0 bridgehead atoms. The molecule has 1 atom stereocenters. The Morgan fingerprint density at radius 2 is 1.69 bits per heavy atom. The molecule has 3 heterocycles. The zero-order chi connectivity index (χ0) is 25.4. The fraction of sp³-hybridized carbons (Fsp3) is 0.375. The van der Waals surface area contributed by atoms with Crippen LogP contribution in [-0.2, 0) is 21.2 Å². The topological polar surface area (TPSA) is 142 Å². The van der Waals surface area contributed by atoms with Gasteiger partial charge in [-0.1, -0.05) is 30.3 Å². The van der Waals surface area contributed by atoms with E-state index >= 15 is 0 Å². The third-order valence-electron chi connectivity index (χ3n) is 6.02. The van der Waals surface area contributed by atoms with Crippen molar-refractivity contribution in [2.45, 2.75) is 25.0 Å². The highest BCUT2D eigenvalue weighted by molar-refractivity contribution is 7.89. The van der Waals surface area contributed by atoms with E-state index in [-0.39, 0.29) is 19.5 Å². The van der Waals surface area contributed by atoms with E-state index < -0.39 is 21.5 Å². The highest BCUT2D eigenvalue weighted by atomic mass is 32.2. The molecule has 0 spiro atoms. The fourth-order valence-electron chi connectivity index (χ4n) is 4.12. The van der Waals surface area contributed by atoms with Crippen LogP contribution in [0.1, 0.15) is 18.7 Å². The summed E-state index contributed by atoms with van der Waals surface area (Å²) in [5, 5.41) is 13.2. The quantitative estimate of drug-likeness (QED) is 0.283. The predicted molar refractivity (Wildman–Crippen MR) is 134 cm³/mol. The van der Waals surface area contributed by atoms with Crippen LogP contribution in [0, 0.1) is 0 Å². The van der Waals surface area contributed by atoms with Crippen molar-refractivity contribution in [3.63, 3.8) is 0 Å². The smallest absolute Gasteiger partial charge is 0.218 e. The van der Waals surface area contributed by atoms with Crippen LogP contribution in [0.5, 0.6) is 0 Å². The summed E-state index contributed by atoms with van der Waals surface area (Å²) in [6.07, 6.45) is 7.86. The summed E-state index contributed by atoms with van der Waals surface area (Å²) < 4.78 is 27.5. The molecule has 0 aliphatic carbocycles. The molecule has 1 aromatic carbocycles. The van der Waals surface area contributed by atoms with Gasteiger partial charge in [-0.05, 0) is 18.9 Å². The molecule has 190 valence electrons. The zero-order valence-electron chi connectivity index (χ0n) is 19.8. The number of aromatic nitrogens is 4. The van der Waals surface area contributed by atoms with E-state index in [1.165, 1.54) is 4.31 Å². The second-order valence-corrected chi connectivity index (χ2v) is 10.5. The molecule has 11 nitrogen and oxygen atoms in total. The Hall–Kier alpha value is -3.48. The number of carbonyl (C=O) groups is 1. The van der Waals surface area contributed by atoms with Crippen molar-refractivity contribution >= 4 is 22.3 Å². The number of rotatable bonds is 11. The summed E-state index contributed by atoms with van der Waals surface area (Å²) in [5.41, 5.74) is -0.146. The van der Waals surface area contributed by atoms with Gasteiger partial charge in [0.1, 0.15) is 17.4 Å². The Bertz CT molecular complexity index is 1220. The molecule has 1 fully saturated rings. The molecular formula is C24H29N7O4S. The van der Waals surface area contributed by atoms with Crippen molar-refractivity contribution in [3.05, 3.63) is 67.0 Å². The first-order valence-corrected chi connectivity index (χ1v) is 13.3. The number of nitrogens with one attached hydrogen (secondary N) is 1. The first-order chi connectivity index (χ1) is 17.4. The summed E-state index contributed by atoms with van der Waals surface area (Å²) in [6, 6.07) is 11.4. The Kier molecular flexibility index (Phi) is 8.18. The molecule has 1 aliphatic heterocycles. The summed E-state index contributed by atoms with van der Waals surface area (Å²) in [5.74, 6) is 0.652. The van der Waals surface area contributed by atoms with Gasteiger partial charge in [-0.15, -0.1) is 0 Å². The largest absolute Gasteiger partial charge is 0.370 e. The van der Waals surface area contributed by atoms with Crippen LogP contribution in [0.15, 0.2) is 61.2 Å². The number of anilines is 1. The molecule has 0 radical (unpaired) electrons. The number of aliphatic hydroxyl groups is 1. The summed E-state index contributed by atoms with van der Waals surface area (Å²) in [6.45, 7) is 1.34. The minimum atomic E-state index is -3.84. The van der Waals surface area contributed by atoms with Crippen molar-refractivity contribution in [1.29, 1.82) is 0 Å². The molecule has 1 aliphatic rings. The van der Waals surface area contributed by atoms with Gasteiger partial charge >= 0.3 is 0 Å². The van der Waals surface area contributed by atoms with E-state index in [1.807, 2.05) is 35.2 Å². The van der Waals surface area contributed by atoms with Gasteiger partial charge in [0.05, 0.1) is 18.1 Å². The van der Waals surface area contributed by atoms with Gasteiger partial charge in [0, 0.05) is 50.6 Å². The molecule has 12 heteroatoms. The lowest BCUT2D eigenvalue weighted by atomic mass is 10.1. The highest BCUT2D eigenvalue weighted by Gasteiger charge is 2.37. The van der Waals surface area contributed by atoms with Crippen LogP contribution in [0.25, 0.3) is 11.3 Å². The lowest BCUT2D eigenvalue weighted by molar-refractivity contribution is -0.115. The maximum atomic E-state index is 13.1. The number of piperazine rings is 1. The average Bonchev–Trinajstić information content (AvgIpc) is 2.90. The molecule has 1 saturated heterocycles. The number of sulfonamides is 1. The maximum Gasteiger partial charge on any atom is 0.218 e. The van der Waals surface area contributed by atoms with Gasteiger partial charge in [-0.3, -0.25) is 9.78 Å². The number of benzene rings is 1. The molecule has 36 heavy (non-hydrogen) atoms. The number of aryl methyl sites for hydroxylation is 1. The third kappa shape index (κ3) is 6.59. The van der Waals surface area contributed by atoms with E-state index in [9.17, 15) is 18.3 Å². The zero-order valence-corrected chi connectivity index (χ0v) is 20.6. The monoisotopic (exact) mass is 511 g/mol. The normalized spacial score (nSPS) is 16.3. The van der Waals surface area contributed by atoms with Crippen LogP contribution in [-0.4, -0.2) is 81.8 Å². The van der Waals surface area contributed by atoms with Crippen LogP contribution in [0.3, 0.4) is 0 Å². The van der Waals surface area contributed by atoms with Gasteiger partial charge in [-0.2, -0.15) is 4.31 Å². The van der Waals surface area contributed by atoms with Gasteiger partial charge in [0.2, 0.25) is 16.4 Å². The second kappa shape index (κ2) is 11.5. The van der Waals surface area contributed by atoms with Crippen LogP contribution < -0.4 is 10.2 Å². The number of amides is 1. The molecular weight excluding hydrogens is 482 g/mol. The van der Waals surface area contributed by atoms with E-state index in [0.29, 0.717) is 44.0 Å². The summed E-state index contributed by atoms with van der Waals surface area (Å²) in [7, 11) is -3.84. The van der Waals surface area contributed by atoms with Crippen LogP contribution >= 0.6 is 0 Å². The molecule has 3 aromatic rings. The van der Waals surface area contributed by atoms with Crippen molar-refractivity contribution < 1.29 is 18.3 Å². The van der Waals surface area contributed by atoms with Crippen LogP contribution in [0.2, 0.25) is 0 Å². The minimum Gasteiger partial charge on any atom is -0.370 e.